The molecule has 184 valence electrons. The molecular weight excluding hydrogens is 473 g/mol. The molecule has 0 bridgehead atoms. The molecule has 1 aromatic carbocycles. The van der Waals surface area contributed by atoms with E-state index in [0.717, 1.165) is 15.9 Å². The largest absolute Gasteiger partial charge is 0.405 e. The Morgan fingerprint density at radius 1 is 1.15 bits per heavy atom. The van der Waals surface area contributed by atoms with Crippen molar-refractivity contribution in [3.63, 3.8) is 0 Å². The van der Waals surface area contributed by atoms with E-state index in [4.69, 9.17) is 0 Å². The first kappa shape index (κ1) is 24.4. The quantitative estimate of drug-likeness (QED) is 0.291. The van der Waals surface area contributed by atoms with Crippen LogP contribution in [0.4, 0.5) is 30.6 Å². The molecule has 0 amide bonds. The number of rotatable bonds is 7. The lowest BCUT2D eigenvalue weighted by Gasteiger charge is -2.21. The second-order valence-electron chi connectivity index (χ2n) is 8.19. The van der Waals surface area contributed by atoms with E-state index in [2.05, 4.69) is 30.9 Å². The van der Waals surface area contributed by atoms with Gasteiger partial charge in [-0.2, -0.15) is 18.2 Å². The third kappa shape index (κ3) is 5.02. The Hall–Kier alpha value is -2.74. The average Bonchev–Trinajstić information content (AvgIpc) is 3.32. The zero-order valence-electron chi connectivity index (χ0n) is 18.4. The van der Waals surface area contributed by atoms with E-state index in [9.17, 15) is 28.5 Å². The van der Waals surface area contributed by atoms with E-state index < -0.39 is 36.9 Å². The van der Waals surface area contributed by atoms with Gasteiger partial charge in [-0.25, -0.2) is 9.97 Å². The Balaban J connectivity index is 1.75. The highest BCUT2D eigenvalue weighted by molar-refractivity contribution is 7.21. The highest BCUT2D eigenvalue weighted by Gasteiger charge is 2.41. The third-order valence-electron chi connectivity index (χ3n) is 5.79. The Bertz CT molecular complexity index is 1170. The van der Waals surface area contributed by atoms with Crippen molar-refractivity contribution in [3.05, 3.63) is 23.9 Å². The van der Waals surface area contributed by atoms with Crippen LogP contribution in [-0.2, 0) is 0 Å². The standard InChI is InChI=1S/C21H25F3N6O3S/c1-9-15(19-29-12-6-11(25-2)3-4-14(12)34-19)18(30-20(27-9)26-8-21(22,23)24)28-13-5-10(7-31)16(32)17(13)33/h3-4,6,10,13,16-17,25,31-33H,5,7-8H2,1-2H3,(H2,26,27,28,30)/t10-,13-,16-,17+/m1/s1. The fourth-order valence-electron chi connectivity index (χ4n) is 4.01. The van der Waals surface area contributed by atoms with Gasteiger partial charge < -0.3 is 31.3 Å². The van der Waals surface area contributed by atoms with Crippen LogP contribution in [-0.4, -0.2) is 74.9 Å². The molecule has 9 nitrogen and oxygen atoms in total. The van der Waals surface area contributed by atoms with E-state index >= 15 is 0 Å². The monoisotopic (exact) mass is 498 g/mol. The van der Waals surface area contributed by atoms with E-state index in [1.807, 2.05) is 18.2 Å². The molecule has 0 radical (unpaired) electrons. The Morgan fingerprint density at radius 3 is 2.56 bits per heavy atom. The number of hydrogen-bond acceptors (Lipinski definition) is 10. The number of alkyl halides is 3. The first-order valence-electron chi connectivity index (χ1n) is 10.6. The van der Waals surface area contributed by atoms with Gasteiger partial charge in [0, 0.05) is 25.3 Å². The molecule has 1 aliphatic carbocycles. The molecule has 1 fully saturated rings. The van der Waals surface area contributed by atoms with E-state index in [1.165, 1.54) is 11.3 Å². The van der Waals surface area contributed by atoms with Gasteiger partial charge in [0.15, 0.2) is 0 Å². The van der Waals surface area contributed by atoms with Gasteiger partial charge in [0.05, 0.1) is 33.6 Å². The molecule has 13 heteroatoms. The summed E-state index contributed by atoms with van der Waals surface area (Å²) >= 11 is 1.37. The number of aliphatic hydroxyl groups excluding tert-OH is 3. The first-order chi connectivity index (χ1) is 16.1. The molecule has 6 N–H and O–H groups in total. The molecule has 1 saturated carbocycles. The molecule has 3 aromatic rings. The summed E-state index contributed by atoms with van der Waals surface area (Å²) in [6, 6.07) is 5.01. The summed E-state index contributed by atoms with van der Waals surface area (Å²) in [5, 5.41) is 39.0. The van der Waals surface area contributed by atoms with E-state index in [0.29, 0.717) is 16.3 Å². The number of aryl methyl sites for hydroxylation is 1. The molecule has 0 saturated heterocycles. The van der Waals surface area contributed by atoms with Crippen molar-refractivity contribution < 1.29 is 28.5 Å². The van der Waals surface area contributed by atoms with Crippen LogP contribution in [0, 0.1) is 12.8 Å². The van der Waals surface area contributed by atoms with Crippen molar-refractivity contribution in [1.29, 1.82) is 0 Å². The maximum Gasteiger partial charge on any atom is 0.405 e. The number of aromatic nitrogens is 3. The molecule has 2 aromatic heterocycles. The maximum atomic E-state index is 12.7. The van der Waals surface area contributed by atoms with E-state index in [-0.39, 0.29) is 24.8 Å². The molecule has 4 rings (SSSR count). The van der Waals surface area contributed by atoms with Crippen molar-refractivity contribution in [1.82, 2.24) is 15.0 Å². The molecule has 0 aliphatic heterocycles. The molecule has 2 heterocycles. The summed E-state index contributed by atoms with van der Waals surface area (Å²) in [4.78, 5) is 13.1. The zero-order valence-corrected chi connectivity index (χ0v) is 19.2. The number of thiazole rings is 1. The number of anilines is 3. The number of benzene rings is 1. The van der Waals surface area contributed by atoms with Crippen LogP contribution in [0.5, 0.6) is 0 Å². The summed E-state index contributed by atoms with van der Waals surface area (Å²) in [6.07, 6.45) is -6.54. The Kier molecular flexibility index (Phi) is 6.80. The van der Waals surface area contributed by atoms with Gasteiger partial charge in [-0.15, -0.1) is 11.3 Å². The summed E-state index contributed by atoms with van der Waals surface area (Å²) in [5.41, 5.74) is 2.48. The van der Waals surface area contributed by atoms with Gasteiger partial charge in [0.2, 0.25) is 5.95 Å². The third-order valence-corrected chi connectivity index (χ3v) is 6.84. The van der Waals surface area contributed by atoms with Crippen molar-refractivity contribution in [2.45, 2.75) is 37.8 Å². The van der Waals surface area contributed by atoms with E-state index in [1.54, 1.807) is 14.0 Å². The van der Waals surface area contributed by atoms with Crippen LogP contribution in [0.15, 0.2) is 18.2 Å². The lowest BCUT2D eigenvalue weighted by atomic mass is 10.1. The number of fused-ring (bicyclic) bond motifs is 1. The number of nitrogens with one attached hydrogen (secondary N) is 3. The van der Waals surface area contributed by atoms with Crippen molar-refractivity contribution in [3.8, 4) is 10.6 Å². The lowest BCUT2D eigenvalue weighted by Crippen LogP contribution is -2.36. The highest BCUT2D eigenvalue weighted by Crippen LogP contribution is 2.38. The number of nitrogens with zero attached hydrogens (tertiary/aromatic N) is 3. The van der Waals surface area contributed by atoms with Crippen LogP contribution in [0.1, 0.15) is 12.1 Å². The topological polar surface area (TPSA) is 135 Å². The molecule has 34 heavy (non-hydrogen) atoms. The fraction of sp³-hybridized carbons (Fsp3) is 0.476. The molecule has 1 aliphatic rings. The van der Waals surface area contributed by atoms with Crippen LogP contribution >= 0.6 is 11.3 Å². The second-order valence-corrected chi connectivity index (χ2v) is 9.22. The maximum absolute atomic E-state index is 12.7. The van der Waals surface area contributed by atoms with Crippen LogP contribution < -0.4 is 16.0 Å². The summed E-state index contributed by atoms with van der Waals surface area (Å²) in [6.45, 7) is 0.0230. The summed E-state index contributed by atoms with van der Waals surface area (Å²) < 4.78 is 39.1. The number of hydrogen-bond donors (Lipinski definition) is 6. The van der Waals surface area contributed by atoms with Crippen LogP contribution in [0.3, 0.4) is 0 Å². The van der Waals surface area contributed by atoms with Crippen molar-refractivity contribution in [2.24, 2.45) is 5.92 Å². The van der Waals surface area contributed by atoms with Gasteiger partial charge in [-0.05, 0) is 31.5 Å². The van der Waals surface area contributed by atoms with Gasteiger partial charge in [0.1, 0.15) is 23.5 Å². The predicted octanol–water partition coefficient (Wildman–Crippen LogP) is 2.59. The average molecular weight is 499 g/mol. The van der Waals surface area contributed by atoms with Gasteiger partial charge >= 0.3 is 6.18 Å². The minimum Gasteiger partial charge on any atom is -0.396 e. The Labute approximate surface area is 197 Å². The van der Waals surface area contributed by atoms with Gasteiger partial charge in [-0.3, -0.25) is 0 Å². The normalized spacial score (nSPS) is 22.8. The van der Waals surface area contributed by atoms with Crippen molar-refractivity contribution >= 4 is 39.0 Å². The highest BCUT2D eigenvalue weighted by atomic mass is 32.1. The zero-order chi connectivity index (χ0) is 24.6. The number of aliphatic hydroxyl groups is 3. The predicted molar refractivity (Wildman–Crippen MR) is 124 cm³/mol. The molecular formula is C21H25F3N6O3S. The fourth-order valence-corrected chi connectivity index (χ4v) is 5.05. The van der Waals surface area contributed by atoms with Gasteiger partial charge in [-0.1, -0.05) is 0 Å². The van der Waals surface area contributed by atoms with Crippen molar-refractivity contribution in [2.75, 3.05) is 36.1 Å². The minimum absolute atomic E-state index is 0.180. The first-order valence-corrected chi connectivity index (χ1v) is 11.4. The lowest BCUT2D eigenvalue weighted by molar-refractivity contribution is -0.115. The second kappa shape index (κ2) is 9.49. The summed E-state index contributed by atoms with van der Waals surface area (Å²) in [5.74, 6) is -0.588. The van der Waals surface area contributed by atoms with Gasteiger partial charge in [0.25, 0.3) is 0 Å². The smallest absolute Gasteiger partial charge is 0.396 e. The number of halogens is 3. The molecule has 4 atom stereocenters. The van der Waals surface area contributed by atoms with Crippen LogP contribution in [0.2, 0.25) is 0 Å². The minimum atomic E-state index is -4.46. The van der Waals surface area contributed by atoms with Crippen LogP contribution in [0.25, 0.3) is 20.8 Å². The summed E-state index contributed by atoms with van der Waals surface area (Å²) in [7, 11) is 1.79. The SMILES string of the molecule is CNc1ccc2sc(-c3c(C)nc(NCC(F)(F)F)nc3N[C@@H]3C[C@H](CO)[C@@H](O)[C@H]3O)nc2c1. The molecule has 0 spiro atoms. The molecule has 0 unspecified atom stereocenters. The Morgan fingerprint density at radius 2 is 1.91 bits per heavy atom.